The van der Waals surface area contributed by atoms with Crippen LogP contribution >= 0.6 is 0 Å². The monoisotopic (exact) mass is 486 g/mol. The maximum absolute atomic E-state index is 11.4. The molecule has 6 heteroatoms. The lowest BCUT2D eigenvalue weighted by Crippen LogP contribution is -2.57. The van der Waals surface area contributed by atoms with Crippen LogP contribution in [0.3, 0.4) is 0 Å². The summed E-state index contributed by atoms with van der Waals surface area (Å²) in [6.07, 6.45) is 14.7. The van der Waals surface area contributed by atoms with Gasteiger partial charge in [-0.05, 0) is 134 Å². The molecule has 0 spiro atoms. The van der Waals surface area contributed by atoms with Gasteiger partial charge in [-0.1, -0.05) is 27.2 Å². The highest BCUT2D eigenvalue weighted by atomic mass is 16.5. The van der Waals surface area contributed by atoms with E-state index < -0.39 is 5.60 Å². The van der Waals surface area contributed by atoms with Crippen molar-refractivity contribution in [1.29, 1.82) is 0 Å². The molecule has 35 heavy (non-hydrogen) atoms. The van der Waals surface area contributed by atoms with E-state index in [1.165, 1.54) is 51.4 Å². The Hall–Kier alpha value is -1.01. The maximum atomic E-state index is 11.4. The molecular formula is C29H50N4O2. The standard InChI is InChI=1S/C29H50N4O2/c1-6-12-28(34)14-15-29(16-17-35-5)22(18-28)7-8-23-25-10-9-24(27(25,4)13-11-26(23)29)20(2)19-33-21(3)30-31-32-33/h20,22-26,34H,6-19H2,1-5H3/t20-,22-,23+,24-,25+,26+,27-,28-,29-/m1/s1. The van der Waals surface area contributed by atoms with Crippen molar-refractivity contribution in [3.63, 3.8) is 0 Å². The van der Waals surface area contributed by atoms with Crippen molar-refractivity contribution >= 4 is 0 Å². The fourth-order valence-electron chi connectivity index (χ4n) is 10.4. The van der Waals surface area contributed by atoms with Gasteiger partial charge in [0.2, 0.25) is 0 Å². The molecular weight excluding hydrogens is 436 g/mol. The Morgan fingerprint density at radius 2 is 1.91 bits per heavy atom. The number of methoxy groups -OCH3 is 1. The minimum absolute atomic E-state index is 0.382. The van der Waals surface area contributed by atoms with Crippen molar-refractivity contribution in [3.05, 3.63) is 5.82 Å². The Balaban J connectivity index is 1.36. The van der Waals surface area contributed by atoms with Crippen LogP contribution in [0.25, 0.3) is 0 Å². The summed E-state index contributed by atoms with van der Waals surface area (Å²) in [5, 5.41) is 23.7. The van der Waals surface area contributed by atoms with E-state index in [0.29, 0.717) is 22.7 Å². The predicted molar refractivity (Wildman–Crippen MR) is 138 cm³/mol. The highest BCUT2D eigenvalue weighted by molar-refractivity contribution is 5.12. The van der Waals surface area contributed by atoms with E-state index >= 15 is 0 Å². The molecule has 0 unspecified atom stereocenters. The Morgan fingerprint density at radius 3 is 2.63 bits per heavy atom. The van der Waals surface area contributed by atoms with Gasteiger partial charge in [0.15, 0.2) is 0 Å². The highest BCUT2D eigenvalue weighted by Gasteiger charge is 2.62. The number of rotatable bonds is 8. The van der Waals surface area contributed by atoms with Crippen LogP contribution in [-0.4, -0.2) is 44.6 Å². The Morgan fingerprint density at radius 1 is 1.09 bits per heavy atom. The molecule has 4 aliphatic carbocycles. The number of aryl methyl sites for hydroxylation is 1. The zero-order chi connectivity index (χ0) is 24.8. The number of ether oxygens (including phenoxy) is 1. The fraction of sp³-hybridized carbons (Fsp3) is 0.966. The van der Waals surface area contributed by atoms with Crippen molar-refractivity contribution < 1.29 is 9.84 Å². The molecule has 4 saturated carbocycles. The van der Waals surface area contributed by atoms with Gasteiger partial charge in [0.25, 0.3) is 0 Å². The van der Waals surface area contributed by atoms with Gasteiger partial charge >= 0.3 is 0 Å². The van der Waals surface area contributed by atoms with E-state index in [4.69, 9.17) is 4.74 Å². The third kappa shape index (κ3) is 4.28. The summed E-state index contributed by atoms with van der Waals surface area (Å²) in [5.74, 6) is 5.47. The van der Waals surface area contributed by atoms with Crippen LogP contribution in [0.5, 0.6) is 0 Å². The number of tetrazole rings is 1. The number of hydrogen-bond donors (Lipinski definition) is 1. The zero-order valence-electron chi connectivity index (χ0n) is 23.0. The molecule has 6 nitrogen and oxygen atoms in total. The highest BCUT2D eigenvalue weighted by Crippen LogP contribution is 2.69. The van der Waals surface area contributed by atoms with E-state index in [2.05, 4.69) is 36.3 Å². The van der Waals surface area contributed by atoms with Crippen LogP contribution in [0.15, 0.2) is 0 Å². The molecule has 4 aliphatic rings. The first-order chi connectivity index (χ1) is 16.8. The molecule has 1 heterocycles. The number of aliphatic hydroxyl groups is 1. The van der Waals surface area contributed by atoms with Gasteiger partial charge in [0.05, 0.1) is 5.60 Å². The lowest BCUT2D eigenvalue weighted by Gasteiger charge is -2.63. The average Bonchev–Trinajstić information content (AvgIpc) is 3.40. The van der Waals surface area contributed by atoms with E-state index in [9.17, 15) is 5.11 Å². The third-order valence-corrected chi connectivity index (χ3v) is 11.9. The summed E-state index contributed by atoms with van der Waals surface area (Å²) in [4.78, 5) is 0. The minimum Gasteiger partial charge on any atom is -0.390 e. The number of nitrogens with zero attached hydrogens (tertiary/aromatic N) is 4. The van der Waals surface area contributed by atoms with Gasteiger partial charge in [-0.2, -0.15) is 0 Å². The van der Waals surface area contributed by atoms with Crippen LogP contribution < -0.4 is 0 Å². The quantitative estimate of drug-likeness (QED) is 0.501. The summed E-state index contributed by atoms with van der Waals surface area (Å²) >= 11 is 0. The van der Waals surface area contributed by atoms with Crippen molar-refractivity contribution in [2.75, 3.05) is 13.7 Å². The maximum Gasteiger partial charge on any atom is 0.148 e. The summed E-state index contributed by atoms with van der Waals surface area (Å²) in [6, 6.07) is 0. The molecule has 4 fully saturated rings. The van der Waals surface area contributed by atoms with E-state index in [-0.39, 0.29) is 0 Å². The number of hydrogen-bond acceptors (Lipinski definition) is 5. The summed E-state index contributed by atoms with van der Waals surface area (Å²) in [6.45, 7) is 11.1. The Bertz CT molecular complexity index is 875. The Kier molecular flexibility index (Phi) is 7.10. The average molecular weight is 487 g/mol. The topological polar surface area (TPSA) is 73.1 Å². The van der Waals surface area contributed by atoms with Crippen LogP contribution in [0.1, 0.15) is 104 Å². The van der Waals surface area contributed by atoms with Crippen LogP contribution in [-0.2, 0) is 11.3 Å². The molecule has 0 aromatic carbocycles. The van der Waals surface area contributed by atoms with Crippen LogP contribution in [0, 0.1) is 53.3 Å². The lowest BCUT2D eigenvalue weighted by molar-refractivity contribution is -0.168. The van der Waals surface area contributed by atoms with E-state index in [1.54, 1.807) is 0 Å². The number of fused-ring (bicyclic) bond motifs is 5. The van der Waals surface area contributed by atoms with Gasteiger partial charge in [-0.15, -0.1) is 5.10 Å². The molecule has 1 aromatic heterocycles. The molecule has 5 rings (SSSR count). The second kappa shape index (κ2) is 9.70. The molecule has 1 aromatic rings. The second-order valence-corrected chi connectivity index (χ2v) is 13.4. The van der Waals surface area contributed by atoms with E-state index in [0.717, 1.165) is 68.3 Å². The number of aromatic nitrogens is 4. The third-order valence-electron chi connectivity index (χ3n) is 11.9. The van der Waals surface area contributed by atoms with Gasteiger partial charge in [-0.3, -0.25) is 0 Å². The molecule has 1 N–H and O–H groups in total. The van der Waals surface area contributed by atoms with Crippen molar-refractivity contribution in [2.24, 2.45) is 46.3 Å². The molecule has 0 aliphatic heterocycles. The summed E-state index contributed by atoms with van der Waals surface area (Å²) in [5.41, 5.74) is 0.400. The first kappa shape index (κ1) is 25.6. The smallest absolute Gasteiger partial charge is 0.148 e. The normalized spacial score (nSPS) is 43.9. The SMILES string of the molecule is CCC[C@@]1(O)CC[C@@]2(CCOC)[C@H](CC[C@H]3[C@@H]4CC[C@H]([C@H](C)Cn5nnnc5C)[C@@]4(C)CC[C@@H]32)C1. The minimum atomic E-state index is -0.422. The summed E-state index contributed by atoms with van der Waals surface area (Å²) in [7, 11) is 1.87. The van der Waals surface area contributed by atoms with Gasteiger partial charge in [0.1, 0.15) is 5.82 Å². The second-order valence-electron chi connectivity index (χ2n) is 13.4. The molecule has 9 atom stereocenters. The van der Waals surface area contributed by atoms with Gasteiger partial charge in [0, 0.05) is 20.3 Å². The Labute approximate surface area is 213 Å². The zero-order valence-corrected chi connectivity index (χ0v) is 23.0. The molecule has 0 bridgehead atoms. The van der Waals surface area contributed by atoms with Crippen molar-refractivity contribution in [1.82, 2.24) is 20.2 Å². The first-order valence-corrected chi connectivity index (χ1v) is 14.7. The molecule has 198 valence electrons. The predicted octanol–water partition coefficient (Wildman–Crippen LogP) is 5.82. The van der Waals surface area contributed by atoms with Crippen molar-refractivity contribution in [2.45, 2.75) is 117 Å². The van der Waals surface area contributed by atoms with Gasteiger partial charge in [-0.25, -0.2) is 4.68 Å². The summed E-state index contributed by atoms with van der Waals surface area (Å²) < 4.78 is 7.71. The van der Waals surface area contributed by atoms with E-state index in [1.807, 2.05) is 18.7 Å². The lowest BCUT2D eigenvalue weighted by atomic mass is 9.42. The molecule has 0 radical (unpaired) electrons. The largest absolute Gasteiger partial charge is 0.390 e. The molecule has 0 amide bonds. The molecule has 0 saturated heterocycles. The van der Waals surface area contributed by atoms with Gasteiger partial charge < -0.3 is 9.84 Å². The fourth-order valence-corrected chi connectivity index (χ4v) is 10.4. The first-order valence-electron chi connectivity index (χ1n) is 14.7. The van der Waals surface area contributed by atoms with Crippen LogP contribution in [0.2, 0.25) is 0 Å². The van der Waals surface area contributed by atoms with Crippen molar-refractivity contribution in [3.8, 4) is 0 Å². The van der Waals surface area contributed by atoms with Crippen LogP contribution in [0.4, 0.5) is 0 Å².